The first-order chi connectivity index (χ1) is 15.9. The first-order valence-electron chi connectivity index (χ1n) is 10.7. The molecule has 9 heteroatoms. The van der Waals surface area contributed by atoms with E-state index in [0.717, 1.165) is 18.6 Å². The Hall–Kier alpha value is -4.03. The maximum absolute atomic E-state index is 12.3. The fourth-order valence-corrected chi connectivity index (χ4v) is 3.69. The number of rotatable bonds is 6. The summed E-state index contributed by atoms with van der Waals surface area (Å²) in [5.41, 5.74) is 6.95. The molecule has 0 bridgehead atoms. The van der Waals surface area contributed by atoms with E-state index in [1.54, 1.807) is 47.4 Å². The van der Waals surface area contributed by atoms with E-state index in [1.165, 1.54) is 0 Å². The lowest BCUT2D eigenvalue weighted by Gasteiger charge is -2.32. The third kappa shape index (κ3) is 5.25. The number of ether oxygens (including phenoxy) is 2. The van der Waals surface area contributed by atoms with Crippen LogP contribution in [0.2, 0.25) is 0 Å². The SMILES string of the molecule is CN1CCN(C(=O)CCC(=O)Oc2ccc(Oc3ccc4[nH]c(N)c(C#N)c4c3)cc2)CC1. The minimum absolute atomic E-state index is 0.0236. The minimum atomic E-state index is -0.453. The summed E-state index contributed by atoms with van der Waals surface area (Å²) in [6.07, 6.45) is 0.172. The molecule has 1 aliphatic heterocycles. The van der Waals surface area contributed by atoms with Crippen LogP contribution < -0.4 is 15.2 Å². The Morgan fingerprint density at radius 2 is 1.70 bits per heavy atom. The number of piperazine rings is 1. The Bertz CT molecular complexity index is 1200. The van der Waals surface area contributed by atoms with Gasteiger partial charge in [-0.1, -0.05) is 0 Å². The van der Waals surface area contributed by atoms with Crippen LogP contribution in [0, 0.1) is 11.3 Å². The summed E-state index contributed by atoms with van der Waals surface area (Å²) in [5, 5.41) is 9.96. The van der Waals surface area contributed by atoms with Crippen molar-refractivity contribution in [1.29, 1.82) is 5.26 Å². The maximum atomic E-state index is 12.3. The molecule has 1 aromatic heterocycles. The number of amides is 1. The largest absolute Gasteiger partial charge is 0.457 e. The molecule has 3 aromatic rings. The second kappa shape index (κ2) is 9.63. The zero-order valence-corrected chi connectivity index (χ0v) is 18.3. The van der Waals surface area contributed by atoms with Crippen molar-refractivity contribution in [2.24, 2.45) is 0 Å². The highest BCUT2D eigenvalue weighted by Gasteiger charge is 2.20. The van der Waals surface area contributed by atoms with Crippen LogP contribution in [0.15, 0.2) is 42.5 Å². The molecule has 0 unspecified atom stereocenters. The molecule has 4 rings (SSSR count). The van der Waals surface area contributed by atoms with Crippen LogP contribution in [0.4, 0.5) is 5.82 Å². The van der Waals surface area contributed by atoms with Crippen molar-refractivity contribution in [3.05, 3.63) is 48.0 Å². The second-order valence-corrected chi connectivity index (χ2v) is 7.96. The van der Waals surface area contributed by atoms with E-state index in [-0.39, 0.29) is 18.7 Å². The van der Waals surface area contributed by atoms with Gasteiger partial charge in [0.1, 0.15) is 34.7 Å². The molecule has 0 spiro atoms. The van der Waals surface area contributed by atoms with Crippen LogP contribution in [0.1, 0.15) is 18.4 Å². The zero-order valence-electron chi connectivity index (χ0n) is 18.3. The number of hydrogen-bond acceptors (Lipinski definition) is 7. The first kappa shape index (κ1) is 22.2. The topological polar surface area (TPSA) is 125 Å². The number of nitrogen functional groups attached to an aromatic ring is 1. The van der Waals surface area contributed by atoms with E-state index < -0.39 is 5.97 Å². The molecule has 0 aliphatic carbocycles. The van der Waals surface area contributed by atoms with Crippen molar-refractivity contribution in [1.82, 2.24) is 14.8 Å². The molecule has 33 heavy (non-hydrogen) atoms. The number of esters is 1. The van der Waals surface area contributed by atoms with E-state index in [0.29, 0.717) is 47.1 Å². The number of nitrogens with zero attached hydrogens (tertiary/aromatic N) is 3. The number of aromatic amines is 1. The van der Waals surface area contributed by atoms with Gasteiger partial charge in [-0.3, -0.25) is 9.59 Å². The summed E-state index contributed by atoms with van der Waals surface area (Å²) >= 11 is 0. The van der Waals surface area contributed by atoms with Gasteiger partial charge in [-0.25, -0.2) is 0 Å². The lowest BCUT2D eigenvalue weighted by molar-refractivity contribution is -0.139. The van der Waals surface area contributed by atoms with Crippen LogP contribution in [0.25, 0.3) is 10.9 Å². The number of nitrogens with two attached hydrogens (primary N) is 1. The summed E-state index contributed by atoms with van der Waals surface area (Å²) in [6.45, 7) is 3.07. The smallest absolute Gasteiger partial charge is 0.311 e. The van der Waals surface area contributed by atoms with Crippen molar-refractivity contribution in [2.75, 3.05) is 39.0 Å². The molecular formula is C24H25N5O4. The van der Waals surface area contributed by atoms with Crippen molar-refractivity contribution >= 4 is 28.6 Å². The van der Waals surface area contributed by atoms with Crippen LogP contribution in [0.3, 0.4) is 0 Å². The number of nitriles is 1. The first-order valence-corrected chi connectivity index (χ1v) is 10.7. The number of aromatic nitrogens is 1. The van der Waals surface area contributed by atoms with Gasteiger partial charge in [0, 0.05) is 43.5 Å². The fourth-order valence-electron chi connectivity index (χ4n) is 3.69. The van der Waals surface area contributed by atoms with Crippen molar-refractivity contribution in [3.63, 3.8) is 0 Å². The number of likely N-dealkylation sites (N-methyl/N-ethyl adjacent to an activating group) is 1. The number of fused-ring (bicyclic) bond motifs is 1. The molecular weight excluding hydrogens is 422 g/mol. The second-order valence-electron chi connectivity index (χ2n) is 7.96. The third-order valence-corrected chi connectivity index (χ3v) is 5.60. The maximum Gasteiger partial charge on any atom is 0.311 e. The number of hydrogen-bond donors (Lipinski definition) is 2. The molecule has 3 N–H and O–H groups in total. The van der Waals surface area contributed by atoms with Crippen molar-refractivity contribution in [2.45, 2.75) is 12.8 Å². The summed E-state index contributed by atoms with van der Waals surface area (Å²) in [6, 6.07) is 14.0. The Labute approximate surface area is 191 Å². The quantitative estimate of drug-likeness (QED) is 0.440. The normalized spacial score (nSPS) is 14.1. The number of anilines is 1. The molecule has 1 fully saturated rings. The Balaban J connectivity index is 1.30. The lowest BCUT2D eigenvalue weighted by atomic mass is 10.2. The molecule has 2 aromatic carbocycles. The molecule has 0 atom stereocenters. The number of H-pyrrole nitrogens is 1. The Morgan fingerprint density at radius 3 is 2.39 bits per heavy atom. The standard InChI is InChI=1S/C24H25N5O4/c1-28-10-12-29(13-11-28)22(30)8-9-23(31)33-17-4-2-16(3-5-17)32-18-6-7-21-19(14-18)20(15-25)24(26)27-21/h2-7,14,27H,8-13,26H2,1H3. The van der Waals surface area contributed by atoms with Gasteiger partial charge < -0.3 is 30.0 Å². The molecule has 1 saturated heterocycles. The highest BCUT2D eigenvalue weighted by Crippen LogP contribution is 2.30. The third-order valence-electron chi connectivity index (χ3n) is 5.60. The summed E-state index contributed by atoms with van der Waals surface area (Å²) in [4.78, 5) is 31.3. The van der Waals surface area contributed by atoms with Gasteiger partial charge in [0.25, 0.3) is 0 Å². The van der Waals surface area contributed by atoms with Gasteiger partial charge in [-0.2, -0.15) is 5.26 Å². The average Bonchev–Trinajstić information content (AvgIpc) is 3.13. The van der Waals surface area contributed by atoms with E-state index in [4.69, 9.17) is 15.2 Å². The number of carbonyl (C=O) groups excluding carboxylic acids is 2. The molecule has 0 radical (unpaired) electrons. The van der Waals surface area contributed by atoms with Crippen LogP contribution in [-0.2, 0) is 9.59 Å². The van der Waals surface area contributed by atoms with E-state index in [1.807, 2.05) is 7.05 Å². The Morgan fingerprint density at radius 1 is 1.03 bits per heavy atom. The molecule has 2 heterocycles. The van der Waals surface area contributed by atoms with Gasteiger partial charge in [-0.05, 0) is 49.5 Å². The zero-order chi connectivity index (χ0) is 23.4. The fraction of sp³-hybridized carbons (Fsp3) is 0.292. The van der Waals surface area contributed by atoms with Gasteiger partial charge in [0.15, 0.2) is 0 Å². The van der Waals surface area contributed by atoms with Crippen LogP contribution in [-0.4, -0.2) is 59.9 Å². The lowest BCUT2D eigenvalue weighted by Crippen LogP contribution is -2.47. The van der Waals surface area contributed by atoms with E-state index in [9.17, 15) is 14.9 Å². The van der Waals surface area contributed by atoms with Gasteiger partial charge in [0.05, 0.1) is 6.42 Å². The number of nitrogens with one attached hydrogen (secondary N) is 1. The molecule has 170 valence electrons. The number of carbonyl (C=O) groups is 2. The summed E-state index contributed by atoms with van der Waals surface area (Å²) in [5.74, 6) is 1.31. The highest BCUT2D eigenvalue weighted by molar-refractivity contribution is 5.92. The highest BCUT2D eigenvalue weighted by atomic mass is 16.5. The molecule has 0 saturated carbocycles. The Kier molecular flexibility index (Phi) is 6.47. The van der Waals surface area contributed by atoms with Crippen molar-refractivity contribution < 1.29 is 19.1 Å². The molecule has 1 amide bonds. The van der Waals surface area contributed by atoms with E-state index >= 15 is 0 Å². The monoisotopic (exact) mass is 447 g/mol. The average molecular weight is 447 g/mol. The summed E-state index contributed by atoms with van der Waals surface area (Å²) in [7, 11) is 2.02. The summed E-state index contributed by atoms with van der Waals surface area (Å²) < 4.78 is 11.2. The number of benzene rings is 2. The molecule has 9 nitrogen and oxygen atoms in total. The van der Waals surface area contributed by atoms with Crippen LogP contribution in [0.5, 0.6) is 17.2 Å². The van der Waals surface area contributed by atoms with Crippen molar-refractivity contribution in [3.8, 4) is 23.3 Å². The van der Waals surface area contributed by atoms with Crippen LogP contribution >= 0.6 is 0 Å². The van der Waals surface area contributed by atoms with Gasteiger partial charge >= 0.3 is 5.97 Å². The van der Waals surface area contributed by atoms with Gasteiger partial charge in [-0.15, -0.1) is 0 Å². The molecule has 1 aliphatic rings. The minimum Gasteiger partial charge on any atom is -0.457 e. The predicted molar refractivity (Wildman–Crippen MR) is 123 cm³/mol. The van der Waals surface area contributed by atoms with E-state index in [2.05, 4.69) is 16.0 Å². The van der Waals surface area contributed by atoms with Gasteiger partial charge in [0.2, 0.25) is 5.91 Å². The predicted octanol–water partition coefficient (Wildman–Crippen LogP) is 2.87.